The van der Waals surface area contributed by atoms with Gasteiger partial charge in [0.05, 0.1) is 0 Å². The average Bonchev–Trinajstić information content (AvgIpc) is 2.69. The van der Waals surface area contributed by atoms with Gasteiger partial charge >= 0.3 is 6.03 Å². The number of urea groups is 1. The number of nitrogens with zero attached hydrogens (tertiary/aromatic N) is 1. The minimum atomic E-state index is -1.41. The van der Waals surface area contributed by atoms with Crippen LogP contribution >= 0.6 is 17.0 Å². The summed E-state index contributed by atoms with van der Waals surface area (Å²) in [6.07, 6.45) is 2.29. The van der Waals surface area contributed by atoms with Crippen LogP contribution in [0.25, 0.3) is 0 Å². The molecule has 1 aliphatic heterocycles. The van der Waals surface area contributed by atoms with Crippen molar-refractivity contribution >= 4 is 40.7 Å². The highest BCUT2D eigenvalue weighted by molar-refractivity contribution is 8.93. The summed E-state index contributed by atoms with van der Waals surface area (Å²) in [5.41, 5.74) is 4.54. The van der Waals surface area contributed by atoms with Gasteiger partial charge in [-0.05, 0) is 37.8 Å². The van der Waals surface area contributed by atoms with Gasteiger partial charge in [0.15, 0.2) is 5.41 Å². The Morgan fingerprint density at radius 3 is 2.45 bits per heavy atom. The highest BCUT2D eigenvalue weighted by Gasteiger charge is 2.53. The number of benzene rings is 1. The summed E-state index contributed by atoms with van der Waals surface area (Å²) in [6, 6.07) is 8.07. The zero-order chi connectivity index (χ0) is 20.6. The topological polar surface area (TPSA) is 122 Å². The molecule has 0 saturated carbocycles. The summed E-state index contributed by atoms with van der Waals surface area (Å²) in [7, 11) is 0. The van der Waals surface area contributed by atoms with Crippen LogP contribution < -0.4 is 16.4 Å². The molecule has 0 spiro atoms. The number of amides is 5. The highest BCUT2D eigenvalue weighted by atomic mass is 79.9. The van der Waals surface area contributed by atoms with Gasteiger partial charge in [-0.15, -0.1) is 17.0 Å². The van der Waals surface area contributed by atoms with Gasteiger partial charge < -0.3 is 11.1 Å². The molecule has 1 atom stereocenters. The number of halogens is 1. The number of carbonyl (C=O) groups is 4. The van der Waals surface area contributed by atoms with Gasteiger partial charge in [-0.3, -0.25) is 24.6 Å². The van der Waals surface area contributed by atoms with Crippen molar-refractivity contribution in [2.45, 2.75) is 44.4 Å². The number of nitrogens with one attached hydrogen (secondary N) is 2. The first kappa shape index (κ1) is 24.8. The highest BCUT2D eigenvalue weighted by Crippen LogP contribution is 2.33. The van der Waals surface area contributed by atoms with E-state index >= 15 is 0 Å². The van der Waals surface area contributed by atoms with Crippen molar-refractivity contribution in [3.63, 3.8) is 0 Å². The number of barbiturate groups is 1. The standard InChI is InChI=1S/C20H28N4O4.BrH/c1-2-20(15-9-4-3-5-10-15)17(26)23-19(28)24(18(20)27)14-7-6-11-16(25)22-13-8-12-21;/h3-5,9-10H,2,6-8,11-14,21H2,1H3,(H,22,25)(H,23,26,28);1H. The minimum Gasteiger partial charge on any atom is -0.356 e. The van der Waals surface area contributed by atoms with E-state index in [0.29, 0.717) is 37.9 Å². The number of carbonyl (C=O) groups excluding carboxylic acids is 4. The molecule has 0 aromatic heterocycles. The second kappa shape index (κ2) is 11.7. The van der Waals surface area contributed by atoms with E-state index in [1.807, 2.05) is 0 Å². The molecule has 5 amide bonds. The van der Waals surface area contributed by atoms with E-state index in [2.05, 4.69) is 10.6 Å². The Morgan fingerprint density at radius 1 is 1.14 bits per heavy atom. The monoisotopic (exact) mass is 468 g/mol. The number of hydrogen-bond acceptors (Lipinski definition) is 5. The number of unbranched alkanes of at least 4 members (excludes halogenated alkanes) is 1. The first-order chi connectivity index (χ1) is 13.5. The van der Waals surface area contributed by atoms with Crippen molar-refractivity contribution in [3.8, 4) is 0 Å². The second-order valence-corrected chi connectivity index (χ2v) is 6.79. The molecule has 0 bridgehead atoms. The fraction of sp³-hybridized carbons (Fsp3) is 0.500. The Balaban J connectivity index is 0.00000420. The van der Waals surface area contributed by atoms with Crippen LogP contribution in [0.3, 0.4) is 0 Å². The van der Waals surface area contributed by atoms with Gasteiger partial charge in [0.2, 0.25) is 11.8 Å². The van der Waals surface area contributed by atoms with E-state index < -0.39 is 23.3 Å². The third-order valence-corrected chi connectivity index (χ3v) is 5.00. The maximum absolute atomic E-state index is 13.2. The molecule has 1 heterocycles. The van der Waals surface area contributed by atoms with Crippen LogP contribution in [-0.2, 0) is 19.8 Å². The number of nitrogens with two attached hydrogens (primary N) is 1. The Labute approximate surface area is 181 Å². The Hall–Kier alpha value is -2.26. The lowest BCUT2D eigenvalue weighted by atomic mass is 9.74. The van der Waals surface area contributed by atoms with Crippen molar-refractivity contribution in [2.24, 2.45) is 5.73 Å². The fourth-order valence-corrected chi connectivity index (χ4v) is 3.36. The second-order valence-electron chi connectivity index (χ2n) is 6.79. The lowest BCUT2D eigenvalue weighted by Crippen LogP contribution is -2.65. The van der Waals surface area contributed by atoms with Crippen LogP contribution in [0.15, 0.2) is 30.3 Å². The molecule has 1 fully saturated rings. The number of imide groups is 2. The molecular weight excluding hydrogens is 440 g/mol. The van der Waals surface area contributed by atoms with E-state index in [1.54, 1.807) is 37.3 Å². The summed E-state index contributed by atoms with van der Waals surface area (Å²) in [5, 5.41) is 5.09. The summed E-state index contributed by atoms with van der Waals surface area (Å²) in [5.74, 6) is -1.18. The Morgan fingerprint density at radius 2 is 1.83 bits per heavy atom. The van der Waals surface area contributed by atoms with Crippen molar-refractivity contribution in [2.75, 3.05) is 19.6 Å². The molecule has 9 heteroatoms. The van der Waals surface area contributed by atoms with Gasteiger partial charge in [0, 0.05) is 19.5 Å². The molecule has 8 nitrogen and oxygen atoms in total. The molecule has 1 aromatic rings. The van der Waals surface area contributed by atoms with Gasteiger partial charge in [0.1, 0.15) is 0 Å². The smallest absolute Gasteiger partial charge is 0.330 e. The third-order valence-electron chi connectivity index (χ3n) is 5.00. The van der Waals surface area contributed by atoms with E-state index in [-0.39, 0.29) is 35.9 Å². The van der Waals surface area contributed by atoms with Crippen LogP contribution in [0.1, 0.15) is 44.6 Å². The van der Waals surface area contributed by atoms with Crippen molar-refractivity contribution in [3.05, 3.63) is 35.9 Å². The maximum Gasteiger partial charge on any atom is 0.330 e. The predicted octanol–water partition coefficient (Wildman–Crippen LogP) is 1.63. The lowest BCUT2D eigenvalue weighted by molar-refractivity contribution is -0.145. The van der Waals surface area contributed by atoms with Crippen molar-refractivity contribution in [1.29, 1.82) is 0 Å². The van der Waals surface area contributed by atoms with Gasteiger partial charge in [0.25, 0.3) is 5.91 Å². The zero-order valence-corrected chi connectivity index (χ0v) is 18.3. The molecule has 1 unspecified atom stereocenters. The maximum atomic E-state index is 13.2. The normalized spacial score (nSPS) is 18.8. The van der Waals surface area contributed by atoms with Crippen molar-refractivity contribution in [1.82, 2.24) is 15.5 Å². The van der Waals surface area contributed by atoms with Crippen LogP contribution in [0.5, 0.6) is 0 Å². The Bertz CT molecular complexity index is 728. The summed E-state index contributed by atoms with van der Waals surface area (Å²) < 4.78 is 0. The molecule has 0 aliphatic carbocycles. The largest absolute Gasteiger partial charge is 0.356 e. The van der Waals surface area contributed by atoms with Crippen LogP contribution in [0, 0.1) is 0 Å². The molecule has 1 aliphatic rings. The van der Waals surface area contributed by atoms with Gasteiger partial charge in [-0.2, -0.15) is 0 Å². The SMILES string of the molecule is Br.CCC1(c2ccccc2)C(=O)NC(=O)N(CCCCC(=O)NCCCN)C1=O. The van der Waals surface area contributed by atoms with E-state index in [0.717, 1.165) is 11.3 Å². The van der Waals surface area contributed by atoms with Crippen LogP contribution in [-0.4, -0.2) is 48.3 Å². The molecule has 4 N–H and O–H groups in total. The van der Waals surface area contributed by atoms with Gasteiger partial charge in [-0.1, -0.05) is 37.3 Å². The lowest BCUT2D eigenvalue weighted by Gasteiger charge is -2.39. The summed E-state index contributed by atoms with van der Waals surface area (Å²) in [6.45, 7) is 2.97. The van der Waals surface area contributed by atoms with E-state index in [1.165, 1.54) is 0 Å². The number of hydrogen-bond donors (Lipinski definition) is 3. The number of rotatable bonds is 10. The van der Waals surface area contributed by atoms with E-state index in [9.17, 15) is 19.2 Å². The molecule has 1 aromatic carbocycles. The van der Waals surface area contributed by atoms with Crippen LogP contribution in [0.2, 0.25) is 0 Å². The minimum absolute atomic E-state index is 0. The molecule has 0 radical (unpaired) electrons. The summed E-state index contributed by atoms with van der Waals surface area (Å²) >= 11 is 0. The quantitative estimate of drug-likeness (QED) is 0.355. The molecule has 1 saturated heterocycles. The predicted molar refractivity (Wildman–Crippen MR) is 115 cm³/mol. The first-order valence-electron chi connectivity index (χ1n) is 9.67. The molecule has 29 heavy (non-hydrogen) atoms. The zero-order valence-electron chi connectivity index (χ0n) is 16.6. The van der Waals surface area contributed by atoms with Crippen LogP contribution in [0.4, 0.5) is 4.79 Å². The average molecular weight is 469 g/mol. The Kier molecular flexibility index (Phi) is 9.97. The first-order valence-corrected chi connectivity index (χ1v) is 9.67. The fourth-order valence-electron chi connectivity index (χ4n) is 3.36. The van der Waals surface area contributed by atoms with E-state index in [4.69, 9.17) is 5.73 Å². The molecule has 2 rings (SSSR count). The third kappa shape index (κ3) is 5.63. The molecule has 160 valence electrons. The van der Waals surface area contributed by atoms with Gasteiger partial charge in [-0.25, -0.2) is 4.79 Å². The molecular formula is C20H29BrN4O4. The van der Waals surface area contributed by atoms with Crippen molar-refractivity contribution < 1.29 is 19.2 Å². The summed E-state index contributed by atoms with van der Waals surface area (Å²) in [4.78, 5) is 50.8.